The van der Waals surface area contributed by atoms with Crippen molar-refractivity contribution < 1.29 is 4.74 Å². The maximum Gasteiger partial charge on any atom is 0.234 e. The Balaban J connectivity index is 2.66. The highest BCUT2D eigenvalue weighted by Crippen LogP contribution is 2.09. The van der Waals surface area contributed by atoms with Crippen LogP contribution in [0.5, 0.6) is 5.88 Å². The summed E-state index contributed by atoms with van der Waals surface area (Å²) in [4.78, 5) is 0. The Labute approximate surface area is 75.7 Å². The number of hydrogen-bond acceptors (Lipinski definition) is 3. The number of aromatic nitrogens is 2. The number of ether oxygens (including phenoxy) is 1. The first-order chi connectivity index (χ1) is 5.72. The van der Waals surface area contributed by atoms with Crippen LogP contribution in [0, 0.1) is 12.3 Å². The predicted octanol–water partition coefficient (Wildman–Crippen LogP) is 1.53. The van der Waals surface area contributed by atoms with Gasteiger partial charge < -0.3 is 4.74 Å². The second-order valence-electron chi connectivity index (χ2n) is 2.12. The number of terminal acetylenes is 1. The molecule has 0 N–H and O–H groups in total. The molecule has 0 radical (unpaired) electrons. The van der Waals surface area contributed by atoms with E-state index in [0.29, 0.717) is 11.0 Å². The molecule has 0 saturated heterocycles. The van der Waals surface area contributed by atoms with Gasteiger partial charge >= 0.3 is 0 Å². The Kier molecular flexibility index (Phi) is 2.89. The summed E-state index contributed by atoms with van der Waals surface area (Å²) in [6, 6.07) is 3.20. The van der Waals surface area contributed by atoms with Crippen molar-refractivity contribution in [1.29, 1.82) is 0 Å². The zero-order valence-electron chi connectivity index (χ0n) is 6.49. The van der Waals surface area contributed by atoms with Crippen LogP contribution < -0.4 is 4.74 Å². The monoisotopic (exact) mass is 182 g/mol. The average Bonchev–Trinajstić information content (AvgIpc) is 2.09. The maximum atomic E-state index is 5.51. The summed E-state index contributed by atoms with van der Waals surface area (Å²) >= 11 is 5.51. The lowest BCUT2D eigenvalue weighted by molar-refractivity contribution is 0.265. The lowest BCUT2D eigenvalue weighted by atomic mass is 10.4. The molecule has 12 heavy (non-hydrogen) atoms. The Morgan fingerprint density at radius 3 is 2.83 bits per heavy atom. The predicted molar refractivity (Wildman–Crippen MR) is 46.0 cm³/mol. The lowest BCUT2D eigenvalue weighted by Crippen LogP contribution is -2.09. The van der Waals surface area contributed by atoms with Crippen LogP contribution in [0.2, 0.25) is 5.15 Å². The van der Waals surface area contributed by atoms with Gasteiger partial charge in [0.25, 0.3) is 0 Å². The molecule has 1 aromatic rings. The fraction of sp³-hybridized carbons (Fsp3) is 0.250. The van der Waals surface area contributed by atoms with Gasteiger partial charge in [-0.05, 0) is 13.0 Å². The number of hydrogen-bond donors (Lipinski definition) is 0. The Morgan fingerprint density at radius 2 is 2.33 bits per heavy atom. The molecule has 0 fully saturated rings. The van der Waals surface area contributed by atoms with Crippen LogP contribution in [0.1, 0.15) is 6.92 Å². The van der Waals surface area contributed by atoms with Crippen LogP contribution >= 0.6 is 11.6 Å². The summed E-state index contributed by atoms with van der Waals surface area (Å²) in [5.74, 6) is 2.78. The Hall–Kier alpha value is -1.27. The normalized spacial score (nSPS) is 11.8. The van der Waals surface area contributed by atoms with Gasteiger partial charge in [-0.3, -0.25) is 0 Å². The molecular weight excluding hydrogens is 176 g/mol. The van der Waals surface area contributed by atoms with Gasteiger partial charge in [-0.25, -0.2) is 0 Å². The van der Waals surface area contributed by atoms with Gasteiger partial charge in [0.2, 0.25) is 5.88 Å². The lowest BCUT2D eigenvalue weighted by Gasteiger charge is -2.05. The topological polar surface area (TPSA) is 35.0 Å². The SMILES string of the molecule is C#CC(C)Oc1ccc(Cl)nn1. The highest BCUT2D eigenvalue weighted by atomic mass is 35.5. The van der Waals surface area contributed by atoms with E-state index in [1.165, 1.54) is 0 Å². The highest BCUT2D eigenvalue weighted by Gasteiger charge is 2.00. The molecule has 1 unspecified atom stereocenters. The minimum absolute atomic E-state index is 0.305. The zero-order valence-corrected chi connectivity index (χ0v) is 7.25. The van der Waals surface area contributed by atoms with E-state index in [4.69, 9.17) is 22.8 Å². The van der Waals surface area contributed by atoms with Crippen LogP contribution in [0.25, 0.3) is 0 Å². The van der Waals surface area contributed by atoms with E-state index in [1.54, 1.807) is 19.1 Å². The van der Waals surface area contributed by atoms with Crippen LogP contribution in [0.3, 0.4) is 0 Å². The van der Waals surface area contributed by atoms with Crippen molar-refractivity contribution in [3.05, 3.63) is 17.3 Å². The van der Waals surface area contributed by atoms with Gasteiger partial charge in [0.15, 0.2) is 11.3 Å². The van der Waals surface area contributed by atoms with Gasteiger partial charge in [-0.15, -0.1) is 16.6 Å². The van der Waals surface area contributed by atoms with Crippen molar-refractivity contribution in [2.45, 2.75) is 13.0 Å². The zero-order chi connectivity index (χ0) is 8.97. The molecule has 1 atom stereocenters. The van der Waals surface area contributed by atoms with E-state index < -0.39 is 0 Å². The molecule has 0 amide bonds. The first-order valence-electron chi connectivity index (χ1n) is 3.34. The highest BCUT2D eigenvalue weighted by molar-refractivity contribution is 6.29. The summed E-state index contributed by atoms with van der Waals surface area (Å²) in [5.41, 5.74) is 0. The second-order valence-corrected chi connectivity index (χ2v) is 2.51. The fourth-order valence-electron chi connectivity index (χ4n) is 0.582. The molecule has 0 aliphatic carbocycles. The minimum atomic E-state index is -0.305. The molecule has 0 saturated carbocycles. The third-order valence-electron chi connectivity index (χ3n) is 1.14. The van der Waals surface area contributed by atoms with E-state index in [1.807, 2.05) is 0 Å². The van der Waals surface area contributed by atoms with Crippen LogP contribution in [-0.4, -0.2) is 16.3 Å². The Bertz CT molecular complexity index is 291. The van der Waals surface area contributed by atoms with Gasteiger partial charge in [0.1, 0.15) is 0 Å². The first-order valence-corrected chi connectivity index (χ1v) is 3.72. The minimum Gasteiger partial charge on any atom is -0.460 e. The third kappa shape index (κ3) is 2.40. The summed E-state index contributed by atoms with van der Waals surface area (Å²) in [6.07, 6.45) is 4.80. The van der Waals surface area contributed by atoms with Crippen LogP contribution in [0.4, 0.5) is 0 Å². The average molecular weight is 183 g/mol. The smallest absolute Gasteiger partial charge is 0.234 e. The molecule has 3 nitrogen and oxygen atoms in total. The van der Waals surface area contributed by atoms with Crippen LogP contribution in [0.15, 0.2) is 12.1 Å². The van der Waals surface area contributed by atoms with Crippen molar-refractivity contribution in [3.8, 4) is 18.2 Å². The van der Waals surface area contributed by atoms with Crippen molar-refractivity contribution in [2.24, 2.45) is 0 Å². The standard InChI is InChI=1S/C8H7ClN2O/c1-3-6(2)12-8-5-4-7(9)10-11-8/h1,4-6H,2H3. The number of rotatable bonds is 2. The molecule has 62 valence electrons. The maximum absolute atomic E-state index is 5.51. The van der Waals surface area contributed by atoms with E-state index in [2.05, 4.69) is 16.1 Å². The van der Waals surface area contributed by atoms with Crippen molar-refractivity contribution in [2.75, 3.05) is 0 Å². The molecule has 1 aromatic heterocycles. The largest absolute Gasteiger partial charge is 0.460 e. The van der Waals surface area contributed by atoms with Gasteiger partial charge in [-0.1, -0.05) is 17.5 Å². The van der Waals surface area contributed by atoms with E-state index in [-0.39, 0.29) is 6.10 Å². The number of halogens is 1. The van der Waals surface area contributed by atoms with E-state index in [0.717, 1.165) is 0 Å². The quantitative estimate of drug-likeness (QED) is 0.651. The molecule has 1 heterocycles. The van der Waals surface area contributed by atoms with Gasteiger partial charge in [0.05, 0.1) is 0 Å². The third-order valence-corrected chi connectivity index (χ3v) is 1.34. The first kappa shape index (κ1) is 8.82. The summed E-state index contributed by atoms with van der Waals surface area (Å²) < 4.78 is 5.15. The van der Waals surface area contributed by atoms with E-state index in [9.17, 15) is 0 Å². The fourth-order valence-corrected chi connectivity index (χ4v) is 0.683. The summed E-state index contributed by atoms with van der Waals surface area (Å²) in [5, 5.41) is 7.58. The van der Waals surface area contributed by atoms with Gasteiger partial charge in [0, 0.05) is 6.07 Å². The molecule has 0 aliphatic rings. The van der Waals surface area contributed by atoms with E-state index >= 15 is 0 Å². The van der Waals surface area contributed by atoms with Crippen molar-refractivity contribution in [3.63, 3.8) is 0 Å². The molecule has 0 spiro atoms. The summed E-state index contributed by atoms with van der Waals surface area (Å²) in [6.45, 7) is 1.75. The molecule has 4 heteroatoms. The molecule has 0 aliphatic heterocycles. The molecule has 0 bridgehead atoms. The van der Waals surface area contributed by atoms with Gasteiger partial charge in [-0.2, -0.15) is 0 Å². The van der Waals surface area contributed by atoms with Crippen molar-refractivity contribution in [1.82, 2.24) is 10.2 Å². The summed E-state index contributed by atoms with van der Waals surface area (Å²) in [7, 11) is 0. The second kappa shape index (κ2) is 3.93. The van der Waals surface area contributed by atoms with Crippen LogP contribution in [-0.2, 0) is 0 Å². The molecule has 0 aromatic carbocycles. The number of nitrogens with zero attached hydrogens (tertiary/aromatic N) is 2. The van der Waals surface area contributed by atoms with Crippen molar-refractivity contribution >= 4 is 11.6 Å². The Morgan fingerprint density at radius 1 is 1.58 bits per heavy atom. The molecular formula is C8H7ClN2O. The molecule has 1 rings (SSSR count).